The lowest BCUT2D eigenvalue weighted by Crippen LogP contribution is -2.56. The number of carbonyl (C=O) groups is 3. The van der Waals surface area contributed by atoms with Crippen LogP contribution in [0.3, 0.4) is 0 Å². The number of amides is 1. The lowest BCUT2D eigenvalue weighted by Gasteiger charge is -2.30. The number of alkyl carbamates (subject to hydrolysis) is 1. The van der Waals surface area contributed by atoms with Crippen molar-refractivity contribution < 1.29 is 28.6 Å². The molecule has 0 heterocycles. The summed E-state index contributed by atoms with van der Waals surface area (Å²) < 4.78 is 15.8. The highest BCUT2D eigenvalue weighted by molar-refractivity contribution is 5.90. The largest absolute Gasteiger partial charge is 0.461 e. The molecule has 7 heteroatoms. The van der Waals surface area contributed by atoms with Gasteiger partial charge in [0.25, 0.3) is 0 Å². The number of ether oxygens (including phenoxy) is 3. The molecule has 7 nitrogen and oxygen atoms in total. The molecule has 2 saturated carbocycles. The number of fused-ring (bicyclic) bond motifs is 1. The van der Waals surface area contributed by atoms with Crippen molar-refractivity contribution in [3.05, 3.63) is 60.7 Å². The van der Waals surface area contributed by atoms with E-state index in [1.165, 1.54) is 12.2 Å². The van der Waals surface area contributed by atoms with Gasteiger partial charge < -0.3 is 19.5 Å². The van der Waals surface area contributed by atoms with Crippen LogP contribution < -0.4 is 5.32 Å². The van der Waals surface area contributed by atoms with Gasteiger partial charge in [-0.15, -0.1) is 0 Å². The summed E-state index contributed by atoms with van der Waals surface area (Å²) in [6, 6.07) is 7.59. The van der Waals surface area contributed by atoms with E-state index in [4.69, 9.17) is 14.2 Å². The molecule has 160 valence electrons. The van der Waals surface area contributed by atoms with Crippen LogP contribution in [0.5, 0.6) is 0 Å². The molecule has 0 saturated heterocycles. The van der Waals surface area contributed by atoms with Gasteiger partial charge in [-0.2, -0.15) is 0 Å². The van der Waals surface area contributed by atoms with Crippen molar-refractivity contribution in [1.29, 1.82) is 0 Å². The van der Waals surface area contributed by atoms with Crippen molar-refractivity contribution in [1.82, 2.24) is 5.32 Å². The molecule has 2 aliphatic carbocycles. The predicted octanol–water partition coefficient (Wildman–Crippen LogP) is 3.07. The van der Waals surface area contributed by atoms with Crippen LogP contribution in [-0.4, -0.2) is 36.8 Å². The van der Waals surface area contributed by atoms with E-state index in [-0.39, 0.29) is 37.6 Å². The quantitative estimate of drug-likeness (QED) is 0.380. The van der Waals surface area contributed by atoms with Crippen LogP contribution in [-0.2, 0) is 30.4 Å². The zero-order valence-corrected chi connectivity index (χ0v) is 17.1. The molecule has 1 aromatic carbocycles. The summed E-state index contributed by atoms with van der Waals surface area (Å²) >= 11 is 0. The fourth-order valence-electron chi connectivity index (χ4n) is 4.36. The van der Waals surface area contributed by atoms with Crippen molar-refractivity contribution >= 4 is 18.0 Å². The van der Waals surface area contributed by atoms with Gasteiger partial charge in [0, 0.05) is 5.92 Å². The lowest BCUT2D eigenvalue weighted by atomic mass is 9.90. The van der Waals surface area contributed by atoms with Crippen molar-refractivity contribution in [2.75, 3.05) is 13.2 Å². The smallest absolute Gasteiger partial charge is 0.408 e. The summed E-state index contributed by atoms with van der Waals surface area (Å²) in [5.74, 6) is -1.82. The second-order valence-corrected chi connectivity index (χ2v) is 7.66. The Bertz CT molecular complexity index is 850. The Morgan fingerprint density at radius 3 is 2.53 bits per heavy atom. The number of esters is 2. The molecule has 0 aliphatic heterocycles. The Hall–Kier alpha value is -3.09. The van der Waals surface area contributed by atoms with Crippen LogP contribution >= 0.6 is 0 Å². The van der Waals surface area contributed by atoms with Crippen LogP contribution in [0, 0.1) is 24.7 Å². The minimum Gasteiger partial charge on any atom is -0.461 e. The molecule has 0 bridgehead atoms. The van der Waals surface area contributed by atoms with Gasteiger partial charge in [0.05, 0.1) is 5.92 Å². The highest BCUT2D eigenvalue weighted by atomic mass is 16.6. The van der Waals surface area contributed by atoms with Crippen molar-refractivity contribution in [2.45, 2.75) is 31.9 Å². The van der Waals surface area contributed by atoms with E-state index >= 15 is 0 Å². The van der Waals surface area contributed by atoms with E-state index in [1.54, 1.807) is 0 Å². The van der Waals surface area contributed by atoms with Gasteiger partial charge in [0.1, 0.15) is 25.4 Å². The summed E-state index contributed by atoms with van der Waals surface area (Å²) in [4.78, 5) is 37.9. The number of hydrogen-bond donors (Lipinski definition) is 1. The summed E-state index contributed by atoms with van der Waals surface area (Å²) in [5.41, 5.74) is 0.561. The van der Waals surface area contributed by atoms with Crippen LogP contribution in [0.1, 0.15) is 24.0 Å². The first-order chi connectivity index (χ1) is 14.4. The second-order valence-electron chi connectivity index (χ2n) is 7.66. The SMILES string of the molecule is C=CCOC(=O)N[C@@]1(C(=O)OCc2ccccc2C)CC[C@H]2[C@H](C(=O)OCC=C)[C@H]21. The Balaban J connectivity index is 1.76. The molecule has 4 atom stereocenters. The summed E-state index contributed by atoms with van der Waals surface area (Å²) in [7, 11) is 0. The van der Waals surface area contributed by atoms with E-state index in [0.29, 0.717) is 12.8 Å². The number of hydrogen-bond acceptors (Lipinski definition) is 6. The predicted molar refractivity (Wildman–Crippen MR) is 109 cm³/mol. The minimum atomic E-state index is -1.32. The van der Waals surface area contributed by atoms with Crippen LogP contribution in [0.2, 0.25) is 0 Å². The zero-order valence-electron chi connectivity index (χ0n) is 17.1. The number of nitrogens with one attached hydrogen (secondary N) is 1. The second kappa shape index (κ2) is 9.15. The van der Waals surface area contributed by atoms with Gasteiger partial charge >= 0.3 is 18.0 Å². The van der Waals surface area contributed by atoms with E-state index in [1.807, 2.05) is 31.2 Å². The highest BCUT2D eigenvalue weighted by Gasteiger charge is 2.72. The molecule has 0 spiro atoms. The molecule has 3 rings (SSSR count). The molecule has 0 unspecified atom stereocenters. The average Bonchev–Trinajstić information content (AvgIpc) is 3.37. The topological polar surface area (TPSA) is 90.9 Å². The van der Waals surface area contributed by atoms with Gasteiger partial charge in [-0.3, -0.25) is 4.79 Å². The third kappa shape index (κ3) is 4.25. The maximum absolute atomic E-state index is 13.2. The number of carbonyl (C=O) groups excluding carboxylic acids is 3. The van der Waals surface area contributed by atoms with Crippen LogP contribution in [0.15, 0.2) is 49.6 Å². The number of rotatable bonds is 9. The van der Waals surface area contributed by atoms with E-state index in [9.17, 15) is 14.4 Å². The zero-order chi connectivity index (χ0) is 21.7. The molecule has 0 radical (unpaired) electrons. The molecular weight excluding hydrogens is 386 g/mol. The summed E-state index contributed by atoms with van der Waals surface area (Å²) in [6.45, 7) is 9.18. The molecule has 1 aromatic rings. The Morgan fingerprint density at radius 2 is 1.83 bits per heavy atom. The van der Waals surface area contributed by atoms with E-state index in [0.717, 1.165) is 11.1 Å². The van der Waals surface area contributed by atoms with Crippen LogP contribution in [0.25, 0.3) is 0 Å². The van der Waals surface area contributed by atoms with Crippen molar-refractivity contribution in [2.24, 2.45) is 17.8 Å². The third-order valence-electron chi connectivity index (χ3n) is 5.87. The Kier molecular flexibility index (Phi) is 6.59. The first kappa shape index (κ1) is 21.6. The average molecular weight is 413 g/mol. The fraction of sp³-hybridized carbons (Fsp3) is 0.435. The standard InChI is InChI=1S/C23H27NO6/c1-4-12-28-20(25)18-17-10-11-23(19(17)18,24-22(27)29-13-5-2)21(26)30-14-16-9-7-6-8-15(16)3/h4-9,17-19H,1-2,10-14H2,3H3,(H,24,27)/t17-,18-,19-,23-/m0/s1. The third-order valence-corrected chi connectivity index (χ3v) is 5.87. The van der Waals surface area contributed by atoms with E-state index < -0.39 is 23.5 Å². The van der Waals surface area contributed by atoms with Gasteiger partial charge in [-0.25, -0.2) is 9.59 Å². The Morgan fingerprint density at radius 1 is 1.13 bits per heavy atom. The van der Waals surface area contributed by atoms with Gasteiger partial charge in [0.2, 0.25) is 0 Å². The molecule has 1 amide bonds. The van der Waals surface area contributed by atoms with Crippen molar-refractivity contribution in [3.63, 3.8) is 0 Å². The van der Waals surface area contributed by atoms with Crippen molar-refractivity contribution in [3.8, 4) is 0 Å². The van der Waals surface area contributed by atoms with Gasteiger partial charge in [-0.05, 0) is 36.8 Å². The summed E-state index contributed by atoms with van der Waals surface area (Å²) in [6.07, 6.45) is 3.18. The van der Waals surface area contributed by atoms with Gasteiger partial charge in [0.15, 0.2) is 0 Å². The highest BCUT2D eigenvalue weighted by Crippen LogP contribution is 2.63. The van der Waals surface area contributed by atoms with Gasteiger partial charge in [-0.1, -0.05) is 49.6 Å². The Labute approximate surface area is 176 Å². The molecule has 2 fully saturated rings. The first-order valence-corrected chi connectivity index (χ1v) is 9.99. The molecule has 2 aliphatic rings. The minimum absolute atomic E-state index is 0.0130. The fourth-order valence-corrected chi connectivity index (χ4v) is 4.36. The normalized spacial score (nSPS) is 26.1. The molecule has 0 aromatic heterocycles. The van der Waals surface area contributed by atoms with Crippen LogP contribution in [0.4, 0.5) is 4.79 Å². The molecule has 30 heavy (non-hydrogen) atoms. The molecular formula is C23H27NO6. The number of aryl methyl sites for hydroxylation is 1. The summed E-state index contributed by atoms with van der Waals surface area (Å²) in [5, 5.41) is 2.70. The maximum Gasteiger partial charge on any atom is 0.408 e. The maximum atomic E-state index is 13.2. The monoisotopic (exact) mass is 413 g/mol. The first-order valence-electron chi connectivity index (χ1n) is 9.99. The lowest BCUT2D eigenvalue weighted by molar-refractivity contribution is -0.155. The molecule has 1 N–H and O–H groups in total. The number of benzene rings is 1. The van der Waals surface area contributed by atoms with E-state index in [2.05, 4.69) is 18.5 Å².